The minimum atomic E-state index is -4.50. The van der Waals surface area contributed by atoms with Gasteiger partial charge in [-0.1, -0.05) is 6.92 Å². The van der Waals surface area contributed by atoms with Gasteiger partial charge in [-0.25, -0.2) is 4.98 Å². The number of pyridine rings is 1. The molecule has 0 atom stereocenters. The number of imide groups is 1. The Morgan fingerprint density at radius 3 is 2.14 bits per heavy atom. The van der Waals surface area contributed by atoms with Crippen molar-refractivity contribution in [2.24, 2.45) is 0 Å². The first-order chi connectivity index (χ1) is 10.2. The average Bonchev–Trinajstić information content (AvgIpc) is 2.64. The molecule has 2 amide bonds. The highest BCUT2D eigenvalue weighted by Gasteiger charge is 2.36. The van der Waals surface area contributed by atoms with Crippen molar-refractivity contribution >= 4 is 17.6 Å². The number of alkyl halides is 3. The summed E-state index contributed by atoms with van der Waals surface area (Å²) in [7, 11) is 0. The maximum atomic E-state index is 12.8. The van der Waals surface area contributed by atoms with Gasteiger partial charge in [-0.3, -0.25) is 15.0 Å². The standard InChI is InChI=1S/C14H14F3N3O2/c1-4-10-9(14(15,16)17)5-6-11(18-10)19-20-12(21)7(2)8(3)13(20)22/h5-6H,4H2,1-3H3,(H,18,19). The van der Waals surface area contributed by atoms with Crippen LogP contribution in [-0.2, 0) is 22.2 Å². The number of aryl methyl sites for hydroxylation is 1. The number of halogens is 3. The molecule has 0 bridgehead atoms. The van der Waals surface area contributed by atoms with Gasteiger partial charge in [0.15, 0.2) is 0 Å². The highest BCUT2D eigenvalue weighted by atomic mass is 19.4. The van der Waals surface area contributed by atoms with Crippen molar-refractivity contribution < 1.29 is 22.8 Å². The molecular weight excluding hydrogens is 299 g/mol. The highest BCUT2D eigenvalue weighted by molar-refractivity contribution is 6.19. The van der Waals surface area contributed by atoms with Gasteiger partial charge in [-0.05, 0) is 32.4 Å². The Morgan fingerprint density at radius 1 is 1.14 bits per heavy atom. The van der Waals surface area contributed by atoms with Crippen LogP contribution in [0, 0.1) is 0 Å². The summed E-state index contributed by atoms with van der Waals surface area (Å²) >= 11 is 0. The van der Waals surface area contributed by atoms with Gasteiger partial charge in [-0.2, -0.15) is 18.2 Å². The van der Waals surface area contributed by atoms with Crippen LogP contribution in [0.25, 0.3) is 0 Å². The van der Waals surface area contributed by atoms with Crippen LogP contribution in [0.3, 0.4) is 0 Å². The van der Waals surface area contributed by atoms with Gasteiger partial charge in [0.05, 0.1) is 11.3 Å². The van der Waals surface area contributed by atoms with E-state index in [0.29, 0.717) is 11.1 Å². The summed E-state index contributed by atoms with van der Waals surface area (Å²) in [6, 6.07) is 1.97. The molecule has 0 saturated heterocycles. The van der Waals surface area contributed by atoms with E-state index in [9.17, 15) is 22.8 Å². The van der Waals surface area contributed by atoms with E-state index in [1.54, 1.807) is 6.92 Å². The quantitative estimate of drug-likeness (QED) is 0.872. The van der Waals surface area contributed by atoms with Crippen molar-refractivity contribution in [2.75, 3.05) is 5.43 Å². The number of amides is 2. The Kier molecular flexibility index (Phi) is 3.95. The molecule has 118 valence electrons. The zero-order chi connectivity index (χ0) is 16.7. The zero-order valence-corrected chi connectivity index (χ0v) is 12.2. The minimum Gasteiger partial charge on any atom is -0.271 e. The Balaban J connectivity index is 2.29. The molecule has 2 rings (SSSR count). The summed E-state index contributed by atoms with van der Waals surface area (Å²) in [5.74, 6) is -1.07. The van der Waals surface area contributed by atoms with Crippen LogP contribution in [0.15, 0.2) is 23.3 Å². The van der Waals surface area contributed by atoms with E-state index >= 15 is 0 Å². The summed E-state index contributed by atoms with van der Waals surface area (Å²) in [5.41, 5.74) is 2.07. The smallest absolute Gasteiger partial charge is 0.271 e. The van der Waals surface area contributed by atoms with Crippen molar-refractivity contribution in [3.63, 3.8) is 0 Å². The molecule has 0 saturated carbocycles. The molecule has 0 radical (unpaired) electrons. The van der Waals surface area contributed by atoms with Crippen LogP contribution >= 0.6 is 0 Å². The van der Waals surface area contributed by atoms with Gasteiger partial charge >= 0.3 is 6.18 Å². The summed E-state index contributed by atoms with van der Waals surface area (Å²) in [4.78, 5) is 27.6. The first-order valence-electron chi connectivity index (χ1n) is 6.56. The van der Waals surface area contributed by atoms with E-state index in [1.807, 2.05) is 0 Å². The zero-order valence-electron chi connectivity index (χ0n) is 12.2. The van der Waals surface area contributed by atoms with Crippen LogP contribution < -0.4 is 5.43 Å². The molecule has 22 heavy (non-hydrogen) atoms. The molecule has 0 aliphatic carbocycles. The number of nitrogens with zero attached hydrogens (tertiary/aromatic N) is 2. The second-order valence-electron chi connectivity index (χ2n) is 4.85. The lowest BCUT2D eigenvalue weighted by Gasteiger charge is -2.18. The van der Waals surface area contributed by atoms with Crippen molar-refractivity contribution in [3.05, 3.63) is 34.5 Å². The fourth-order valence-electron chi connectivity index (χ4n) is 2.06. The summed E-state index contributed by atoms with van der Waals surface area (Å²) in [6.45, 7) is 4.56. The summed E-state index contributed by atoms with van der Waals surface area (Å²) in [6.07, 6.45) is -4.42. The van der Waals surface area contributed by atoms with Gasteiger partial charge in [-0.15, -0.1) is 0 Å². The van der Waals surface area contributed by atoms with Crippen molar-refractivity contribution in [2.45, 2.75) is 33.4 Å². The molecule has 0 fully saturated rings. The van der Waals surface area contributed by atoms with E-state index in [0.717, 1.165) is 17.1 Å². The number of aromatic nitrogens is 1. The van der Waals surface area contributed by atoms with Gasteiger partial charge in [0.25, 0.3) is 11.8 Å². The molecule has 1 aliphatic rings. The Morgan fingerprint density at radius 2 is 1.68 bits per heavy atom. The number of hydrogen-bond acceptors (Lipinski definition) is 4. The van der Waals surface area contributed by atoms with Crippen LogP contribution in [0.2, 0.25) is 0 Å². The lowest BCUT2D eigenvalue weighted by molar-refractivity contribution is -0.139. The molecule has 0 unspecified atom stereocenters. The third-order valence-electron chi connectivity index (χ3n) is 3.45. The largest absolute Gasteiger partial charge is 0.418 e. The van der Waals surface area contributed by atoms with Crippen molar-refractivity contribution in [3.8, 4) is 0 Å². The second-order valence-corrected chi connectivity index (χ2v) is 4.85. The van der Waals surface area contributed by atoms with E-state index < -0.39 is 23.6 Å². The molecular formula is C14H14F3N3O2. The van der Waals surface area contributed by atoms with Crippen LogP contribution in [0.5, 0.6) is 0 Å². The average molecular weight is 313 g/mol. The molecule has 1 aliphatic heterocycles. The van der Waals surface area contributed by atoms with Crippen LogP contribution in [0.4, 0.5) is 19.0 Å². The predicted octanol–water partition coefficient (Wildman–Crippen LogP) is 2.69. The topological polar surface area (TPSA) is 62.3 Å². The molecule has 5 nitrogen and oxygen atoms in total. The third kappa shape index (κ3) is 2.68. The molecule has 2 heterocycles. The van der Waals surface area contributed by atoms with Crippen molar-refractivity contribution in [1.29, 1.82) is 0 Å². The Labute approximate surface area is 124 Å². The monoisotopic (exact) mass is 313 g/mol. The molecule has 0 spiro atoms. The SMILES string of the molecule is CCc1nc(NN2C(=O)C(C)=C(C)C2=O)ccc1C(F)(F)F. The molecule has 1 aromatic rings. The van der Waals surface area contributed by atoms with Crippen molar-refractivity contribution in [1.82, 2.24) is 9.99 Å². The maximum absolute atomic E-state index is 12.8. The second kappa shape index (κ2) is 5.43. The number of hydrogen-bond donors (Lipinski definition) is 1. The van der Waals surface area contributed by atoms with E-state index in [4.69, 9.17) is 0 Å². The number of anilines is 1. The van der Waals surface area contributed by atoms with Gasteiger partial charge in [0.2, 0.25) is 0 Å². The van der Waals surface area contributed by atoms with Gasteiger partial charge in [0, 0.05) is 11.1 Å². The molecule has 0 aromatic carbocycles. The van der Waals surface area contributed by atoms with Crippen LogP contribution in [0.1, 0.15) is 32.0 Å². The van der Waals surface area contributed by atoms with Gasteiger partial charge < -0.3 is 0 Å². The molecule has 1 N–H and O–H groups in total. The number of hydrazine groups is 1. The fraction of sp³-hybridized carbons (Fsp3) is 0.357. The predicted molar refractivity (Wildman–Crippen MR) is 72.5 cm³/mol. The first-order valence-corrected chi connectivity index (χ1v) is 6.56. The first kappa shape index (κ1) is 16.0. The normalized spacial score (nSPS) is 15.8. The minimum absolute atomic E-state index is 0.00838. The van der Waals surface area contributed by atoms with E-state index in [1.165, 1.54) is 13.8 Å². The fourth-order valence-corrected chi connectivity index (χ4v) is 2.06. The van der Waals surface area contributed by atoms with E-state index in [-0.39, 0.29) is 17.9 Å². The third-order valence-corrected chi connectivity index (χ3v) is 3.45. The van der Waals surface area contributed by atoms with Crippen LogP contribution in [-0.4, -0.2) is 21.8 Å². The Bertz CT molecular complexity index is 656. The van der Waals surface area contributed by atoms with E-state index in [2.05, 4.69) is 10.4 Å². The lowest BCUT2D eigenvalue weighted by atomic mass is 10.1. The number of nitrogens with one attached hydrogen (secondary N) is 1. The summed E-state index contributed by atoms with van der Waals surface area (Å²) < 4.78 is 38.4. The molecule has 8 heteroatoms. The number of rotatable bonds is 3. The van der Waals surface area contributed by atoms with Gasteiger partial charge in [0.1, 0.15) is 5.82 Å². The number of carbonyl (C=O) groups is 2. The molecule has 1 aromatic heterocycles. The summed E-state index contributed by atoms with van der Waals surface area (Å²) in [5, 5.41) is 0.750. The maximum Gasteiger partial charge on any atom is 0.418 e. The number of carbonyl (C=O) groups excluding carboxylic acids is 2. The lowest BCUT2D eigenvalue weighted by Crippen LogP contribution is -2.37. The Hall–Kier alpha value is -2.38. The highest BCUT2D eigenvalue weighted by Crippen LogP contribution is 2.32.